The van der Waals surface area contributed by atoms with E-state index in [-0.39, 0.29) is 30.4 Å². The van der Waals surface area contributed by atoms with Gasteiger partial charge in [-0.2, -0.15) is 4.98 Å². The van der Waals surface area contributed by atoms with Crippen LogP contribution in [-0.4, -0.2) is 43.0 Å². The highest BCUT2D eigenvalue weighted by atomic mass is 16.5. The number of aliphatic hydroxyl groups excluding tert-OH is 1. The van der Waals surface area contributed by atoms with Crippen molar-refractivity contribution in [2.24, 2.45) is 7.05 Å². The van der Waals surface area contributed by atoms with Gasteiger partial charge < -0.3 is 19.7 Å². The van der Waals surface area contributed by atoms with Gasteiger partial charge in [-0.05, 0) is 50.5 Å². The van der Waals surface area contributed by atoms with E-state index in [9.17, 15) is 14.7 Å². The first kappa shape index (κ1) is 21.6. The van der Waals surface area contributed by atoms with Crippen molar-refractivity contribution >= 4 is 17.1 Å². The zero-order chi connectivity index (χ0) is 22.0. The molecule has 2 heterocycles. The number of nitrogens with one attached hydrogen (secondary N) is 2. The molecule has 0 aliphatic rings. The molecule has 0 spiro atoms. The number of rotatable bonds is 8. The Hall–Kier alpha value is -3.07. The highest BCUT2D eigenvalue weighted by molar-refractivity contribution is 5.74. The maximum Gasteiger partial charge on any atom is 0.329 e. The second kappa shape index (κ2) is 8.74. The van der Waals surface area contributed by atoms with Crippen LogP contribution in [0, 0.1) is 13.8 Å². The van der Waals surface area contributed by atoms with Gasteiger partial charge in [0, 0.05) is 13.1 Å². The number of hydrogen-bond acceptors (Lipinski definition) is 6. The molecular formula is C21H29N5O4. The van der Waals surface area contributed by atoms with Crippen LogP contribution in [0.1, 0.15) is 31.4 Å². The molecule has 0 fully saturated rings. The van der Waals surface area contributed by atoms with Gasteiger partial charge in [0.1, 0.15) is 18.5 Å². The summed E-state index contributed by atoms with van der Waals surface area (Å²) in [7, 11) is 1.55. The summed E-state index contributed by atoms with van der Waals surface area (Å²) >= 11 is 0. The first-order valence-electron chi connectivity index (χ1n) is 10.1. The third kappa shape index (κ3) is 4.40. The van der Waals surface area contributed by atoms with Crippen molar-refractivity contribution in [2.45, 2.75) is 52.8 Å². The van der Waals surface area contributed by atoms with Crippen LogP contribution >= 0.6 is 0 Å². The molecule has 3 rings (SSSR count). The molecule has 3 aromatic rings. The fourth-order valence-corrected chi connectivity index (χ4v) is 3.10. The summed E-state index contributed by atoms with van der Waals surface area (Å²) < 4.78 is 8.62. The minimum Gasteiger partial charge on any atom is -0.491 e. The molecule has 0 amide bonds. The van der Waals surface area contributed by atoms with E-state index in [1.165, 1.54) is 10.1 Å². The van der Waals surface area contributed by atoms with Crippen LogP contribution in [0.4, 0.5) is 5.95 Å². The number of aromatic nitrogens is 4. The largest absolute Gasteiger partial charge is 0.491 e. The lowest BCUT2D eigenvalue weighted by Gasteiger charge is -2.18. The molecule has 0 unspecified atom stereocenters. The first-order chi connectivity index (χ1) is 14.2. The number of fused-ring (bicyclic) bond motifs is 1. The number of hydrogen-bond donors (Lipinski definition) is 3. The summed E-state index contributed by atoms with van der Waals surface area (Å²) in [6.07, 6.45) is -0.0464. The average Bonchev–Trinajstić information content (AvgIpc) is 3.05. The summed E-state index contributed by atoms with van der Waals surface area (Å²) in [5.74, 6) is 1.10. The smallest absolute Gasteiger partial charge is 0.329 e. The van der Waals surface area contributed by atoms with Gasteiger partial charge in [-0.25, -0.2) is 4.79 Å². The zero-order valence-electron chi connectivity index (χ0n) is 18.0. The van der Waals surface area contributed by atoms with E-state index in [1.54, 1.807) is 11.6 Å². The summed E-state index contributed by atoms with van der Waals surface area (Å²) in [6, 6.07) is 5.85. The Bertz CT molecular complexity index is 1160. The molecule has 2 aromatic heterocycles. The normalized spacial score (nSPS) is 13.4. The van der Waals surface area contributed by atoms with Crippen LogP contribution in [0.3, 0.4) is 0 Å². The van der Waals surface area contributed by atoms with Crippen molar-refractivity contribution in [1.82, 2.24) is 19.1 Å². The number of H-pyrrole nitrogens is 1. The number of aromatic amines is 1. The Kier molecular flexibility index (Phi) is 6.31. The van der Waals surface area contributed by atoms with Gasteiger partial charge in [0.25, 0.3) is 5.56 Å². The van der Waals surface area contributed by atoms with Crippen LogP contribution in [0.15, 0.2) is 27.8 Å². The van der Waals surface area contributed by atoms with E-state index in [2.05, 4.69) is 15.3 Å². The van der Waals surface area contributed by atoms with Gasteiger partial charge in [0.15, 0.2) is 11.2 Å². The highest BCUT2D eigenvalue weighted by Gasteiger charge is 2.20. The molecule has 0 aliphatic heterocycles. The van der Waals surface area contributed by atoms with Crippen LogP contribution < -0.4 is 21.3 Å². The molecule has 0 radical (unpaired) electrons. The second-order valence-electron chi connectivity index (χ2n) is 7.70. The van der Waals surface area contributed by atoms with Crippen molar-refractivity contribution in [3.8, 4) is 5.75 Å². The minimum absolute atomic E-state index is 0.0502. The highest BCUT2D eigenvalue weighted by Crippen LogP contribution is 2.19. The maximum atomic E-state index is 12.5. The van der Waals surface area contributed by atoms with Gasteiger partial charge in [-0.15, -0.1) is 0 Å². The Balaban J connectivity index is 1.89. The Morgan fingerprint density at radius 3 is 2.67 bits per heavy atom. The lowest BCUT2D eigenvalue weighted by atomic mass is 10.1. The molecule has 9 nitrogen and oxygen atoms in total. The molecule has 9 heteroatoms. The number of aliphatic hydroxyl groups is 1. The Labute approximate surface area is 174 Å². The zero-order valence-corrected chi connectivity index (χ0v) is 18.0. The topological polar surface area (TPSA) is 114 Å². The standard InChI is InChI=1S/C21H29N5O4/c1-6-14(4)22-20-23-18-17(19(28)24-21(29)25(18)5)26(20)10-15(27)11-30-16-8-7-12(2)13(3)9-16/h7-9,14-15,27H,6,10-11H2,1-5H3,(H,22,23)(H,24,28,29)/t14-,15-/m0/s1. The molecule has 30 heavy (non-hydrogen) atoms. The van der Waals surface area contributed by atoms with Gasteiger partial charge in [0.2, 0.25) is 5.95 Å². The summed E-state index contributed by atoms with van der Waals surface area (Å²) in [5, 5.41) is 13.9. The fourth-order valence-electron chi connectivity index (χ4n) is 3.10. The third-order valence-electron chi connectivity index (χ3n) is 5.31. The number of benzene rings is 1. The van der Waals surface area contributed by atoms with E-state index >= 15 is 0 Å². The van der Waals surface area contributed by atoms with E-state index in [4.69, 9.17) is 4.74 Å². The molecule has 0 saturated heterocycles. The molecule has 162 valence electrons. The lowest BCUT2D eigenvalue weighted by Crippen LogP contribution is -2.31. The minimum atomic E-state index is -0.891. The third-order valence-corrected chi connectivity index (χ3v) is 5.31. The Morgan fingerprint density at radius 2 is 2.00 bits per heavy atom. The van der Waals surface area contributed by atoms with Crippen LogP contribution in [0.25, 0.3) is 11.2 Å². The molecule has 0 saturated carbocycles. The van der Waals surface area contributed by atoms with Crippen molar-refractivity contribution in [1.29, 1.82) is 0 Å². The number of aryl methyl sites for hydroxylation is 3. The molecule has 0 aliphatic carbocycles. The number of imidazole rings is 1. The average molecular weight is 415 g/mol. The molecule has 1 aromatic carbocycles. The molecule has 2 atom stereocenters. The predicted molar refractivity (Wildman–Crippen MR) is 116 cm³/mol. The van der Waals surface area contributed by atoms with E-state index in [0.29, 0.717) is 11.7 Å². The van der Waals surface area contributed by atoms with E-state index in [0.717, 1.165) is 12.0 Å². The van der Waals surface area contributed by atoms with Crippen LogP contribution in [-0.2, 0) is 13.6 Å². The van der Waals surface area contributed by atoms with Crippen molar-refractivity contribution in [3.05, 3.63) is 50.2 Å². The number of nitrogens with zero attached hydrogens (tertiary/aromatic N) is 3. The molecular weight excluding hydrogens is 386 g/mol. The summed E-state index contributed by atoms with van der Waals surface area (Å²) in [5.41, 5.74) is 1.68. The number of anilines is 1. The van der Waals surface area contributed by atoms with E-state index in [1.807, 2.05) is 45.9 Å². The van der Waals surface area contributed by atoms with Crippen LogP contribution in [0.5, 0.6) is 5.75 Å². The summed E-state index contributed by atoms with van der Waals surface area (Å²) in [6.45, 7) is 8.18. The van der Waals surface area contributed by atoms with E-state index < -0.39 is 17.4 Å². The monoisotopic (exact) mass is 415 g/mol. The predicted octanol–water partition coefficient (Wildman–Crippen LogP) is 1.69. The number of ether oxygens (including phenoxy) is 1. The van der Waals surface area contributed by atoms with Gasteiger partial charge in [0.05, 0.1) is 6.54 Å². The first-order valence-corrected chi connectivity index (χ1v) is 10.1. The van der Waals surface area contributed by atoms with Gasteiger partial charge in [-0.1, -0.05) is 13.0 Å². The SMILES string of the molecule is CC[C@H](C)Nc1nc2c(c(=O)[nH]c(=O)n2C)n1C[C@H](O)COc1ccc(C)c(C)c1. The molecule has 3 N–H and O–H groups in total. The van der Waals surface area contributed by atoms with Crippen molar-refractivity contribution < 1.29 is 9.84 Å². The summed E-state index contributed by atoms with van der Waals surface area (Å²) in [4.78, 5) is 31.2. The Morgan fingerprint density at radius 1 is 1.27 bits per heavy atom. The van der Waals surface area contributed by atoms with Gasteiger partial charge >= 0.3 is 5.69 Å². The maximum absolute atomic E-state index is 12.5. The van der Waals surface area contributed by atoms with Crippen molar-refractivity contribution in [3.63, 3.8) is 0 Å². The molecule has 0 bridgehead atoms. The van der Waals surface area contributed by atoms with Crippen molar-refractivity contribution in [2.75, 3.05) is 11.9 Å². The lowest BCUT2D eigenvalue weighted by molar-refractivity contribution is 0.0937. The quantitative estimate of drug-likeness (QED) is 0.516. The second-order valence-corrected chi connectivity index (χ2v) is 7.70. The fraction of sp³-hybridized carbons (Fsp3) is 0.476. The van der Waals surface area contributed by atoms with Gasteiger partial charge in [-0.3, -0.25) is 14.3 Å². The van der Waals surface area contributed by atoms with Crippen LogP contribution in [0.2, 0.25) is 0 Å².